The fraction of sp³-hybridized carbons (Fsp3) is 0.560. The SMILES string of the molecule is C[C@@H](O)CN1C[C@H](Cc2ccc(Cl)cc2)N(C2CCN(c3ccccn3)CC2)C[C@@H]1C. The van der Waals surface area contributed by atoms with Crippen molar-refractivity contribution in [1.82, 2.24) is 14.8 Å². The van der Waals surface area contributed by atoms with E-state index in [9.17, 15) is 5.11 Å². The average Bonchev–Trinajstić information content (AvgIpc) is 2.78. The van der Waals surface area contributed by atoms with Crippen molar-refractivity contribution in [2.75, 3.05) is 37.6 Å². The lowest BCUT2D eigenvalue weighted by molar-refractivity contribution is -0.0150. The van der Waals surface area contributed by atoms with Gasteiger partial charge in [0.25, 0.3) is 0 Å². The highest BCUT2D eigenvalue weighted by molar-refractivity contribution is 6.30. The lowest BCUT2D eigenvalue weighted by Crippen LogP contribution is -2.62. The number of halogens is 1. The van der Waals surface area contributed by atoms with Crippen LogP contribution in [-0.2, 0) is 6.42 Å². The minimum atomic E-state index is -0.299. The average molecular weight is 443 g/mol. The summed E-state index contributed by atoms with van der Waals surface area (Å²) in [6, 6.07) is 15.9. The third kappa shape index (κ3) is 5.78. The van der Waals surface area contributed by atoms with Crippen LogP contribution in [0.25, 0.3) is 0 Å². The van der Waals surface area contributed by atoms with E-state index in [1.165, 1.54) is 5.56 Å². The van der Waals surface area contributed by atoms with Crippen LogP contribution in [0.2, 0.25) is 5.02 Å². The summed E-state index contributed by atoms with van der Waals surface area (Å²) in [6.07, 6.45) is 4.92. The van der Waals surface area contributed by atoms with E-state index < -0.39 is 0 Å². The van der Waals surface area contributed by atoms with Gasteiger partial charge in [0.15, 0.2) is 0 Å². The Bertz CT molecular complexity index is 808. The Balaban J connectivity index is 1.46. The molecule has 0 radical (unpaired) electrons. The van der Waals surface area contributed by atoms with Crippen molar-refractivity contribution >= 4 is 17.4 Å². The van der Waals surface area contributed by atoms with Crippen molar-refractivity contribution in [1.29, 1.82) is 0 Å². The second-order valence-electron chi connectivity index (χ2n) is 9.24. The lowest BCUT2D eigenvalue weighted by atomic mass is 9.94. The van der Waals surface area contributed by atoms with Crippen molar-refractivity contribution in [3.05, 3.63) is 59.2 Å². The molecule has 3 atom stereocenters. The highest BCUT2D eigenvalue weighted by Gasteiger charge is 2.37. The van der Waals surface area contributed by atoms with E-state index in [0.717, 1.165) is 62.8 Å². The Morgan fingerprint density at radius 3 is 2.48 bits per heavy atom. The van der Waals surface area contributed by atoms with Crippen LogP contribution < -0.4 is 4.90 Å². The topological polar surface area (TPSA) is 42.8 Å². The maximum Gasteiger partial charge on any atom is 0.128 e. The van der Waals surface area contributed by atoms with Gasteiger partial charge in [-0.05, 0) is 62.9 Å². The number of pyridine rings is 1. The Hall–Kier alpha value is -1.66. The molecule has 1 N–H and O–H groups in total. The molecule has 0 bridgehead atoms. The zero-order valence-electron chi connectivity index (χ0n) is 18.7. The number of aliphatic hydroxyl groups is 1. The molecule has 6 heteroatoms. The molecule has 1 aromatic carbocycles. The van der Waals surface area contributed by atoms with E-state index in [2.05, 4.69) is 50.9 Å². The smallest absolute Gasteiger partial charge is 0.128 e. The number of nitrogens with zero attached hydrogens (tertiary/aromatic N) is 4. The first-order valence-electron chi connectivity index (χ1n) is 11.6. The Morgan fingerprint density at radius 2 is 1.84 bits per heavy atom. The monoisotopic (exact) mass is 442 g/mol. The maximum atomic E-state index is 10.00. The fourth-order valence-electron chi connectivity index (χ4n) is 5.21. The molecule has 0 spiro atoms. The number of aromatic nitrogens is 1. The van der Waals surface area contributed by atoms with Crippen molar-refractivity contribution in [3.8, 4) is 0 Å². The van der Waals surface area contributed by atoms with Gasteiger partial charge in [0.1, 0.15) is 5.82 Å². The number of rotatable bonds is 6. The van der Waals surface area contributed by atoms with Crippen LogP contribution in [-0.4, -0.2) is 76.8 Å². The van der Waals surface area contributed by atoms with Gasteiger partial charge in [-0.2, -0.15) is 0 Å². The van der Waals surface area contributed by atoms with Crippen molar-refractivity contribution < 1.29 is 5.11 Å². The number of hydrogen-bond donors (Lipinski definition) is 1. The molecule has 2 aliphatic heterocycles. The normalized spacial score (nSPS) is 25.0. The summed E-state index contributed by atoms with van der Waals surface area (Å²) in [5.74, 6) is 1.09. The Morgan fingerprint density at radius 1 is 1.10 bits per heavy atom. The van der Waals surface area contributed by atoms with Crippen LogP contribution in [0.15, 0.2) is 48.7 Å². The number of piperidine rings is 1. The van der Waals surface area contributed by atoms with Crippen LogP contribution in [0.1, 0.15) is 32.3 Å². The molecule has 0 saturated carbocycles. The van der Waals surface area contributed by atoms with Gasteiger partial charge in [0.05, 0.1) is 6.10 Å². The molecule has 5 nitrogen and oxygen atoms in total. The largest absolute Gasteiger partial charge is 0.392 e. The summed E-state index contributed by atoms with van der Waals surface area (Å²) in [6.45, 7) is 9.09. The summed E-state index contributed by atoms with van der Waals surface area (Å²) >= 11 is 6.11. The number of β-amino-alcohol motifs (C(OH)–C–C–N with tert-alkyl or cyclic N) is 1. The highest BCUT2D eigenvalue weighted by atomic mass is 35.5. The van der Waals surface area contributed by atoms with Crippen LogP contribution in [0, 0.1) is 0 Å². The molecule has 2 saturated heterocycles. The van der Waals surface area contributed by atoms with Gasteiger partial charge in [-0.15, -0.1) is 0 Å². The van der Waals surface area contributed by atoms with Gasteiger partial charge in [0, 0.05) is 62.1 Å². The van der Waals surface area contributed by atoms with Crippen LogP contribution >= 0.6 is 11.6 Å². The minimum Gasteiger partial charge on any atom is -0.392 e. The van der Waals surface area contributed by atoms with Gasteiger partial charge < -0.3 is 10.0 Å². The first-order valence-corrected chi connectivity index (χ1v) is 12.0. The third-order valence-electron chi connectivity index (χ3n) is 6.80. The van der Waals surface area contributed by atoms with E-state index in [-0.39, 0.29) is 6.10 Å². The molecule has 2 aliphatic rings. The molecule has 168 valence electrons. The number of piperazine rings is 1. The summed E-state index contributed by atoms with van der Waals surface area (Å²) in [7, 11) is 0. The van der Waals surface area contributed by atoms with Crippen molar-refractivity contribution in [3.63, 3.8) is 0 Å². The molecule has 0 amide bonds. The van der Waals surface area contributed by atoms with Crippen molar-refractivity contribution in [2.45, 2.75) is 57.3 Å². The zero-order chi connectivity index (χ0) is 21.8. The zero-order valence-corrected chi connectivity index (χ0v) is 19.5. The van der Waals surface area contributed by atoms with E-state index in [0.29, 0.717) is 18.1 Å². The van der Waals surface area contributed by atoms with E-state index >= 15 is 0 Å². The number of aliphatic hydroxyl groups excluding tert-OH is 1. The fourth-order valence-corrected chi connectivity index (χ4v) is 5.33. The molecule has 0 unspecified atom stereocenters. The Labute approximate surface area is 191 Å². The summed E-state index contributed by atoms with van der Waals surface area (Å²) in [4.78, 5) is 12.2. The van der Waals surface area contributed by atoms with Gasteiger partial charge in [-0.3, -0.25) is 9.80 Å². The number of anilines is 1. The molecule has 0 aliphatic carbocycles. The predicted octanol–water partition coefficient (Wildman–Crippen LogP) is 3.70. The first-order chi connectivity index (χ1) is 15.0. The summed E-state index contributed by atoms with van der Waals surface area (Å²) in [5, 5.41) is 10.8. The molecular formula is C25H35ClN4O. The second-order valence-corrected chi connectivity index (χ2v) is 9.68. The number of hydrogen-bond acceptors (Lipinski definition) is 5. The van der Waals surface area contributed by atoms with E-state index in [4.69, 9.17) is 11.6 Å². The van der Waals surface area contributed by atoms with E-state index in [1.54, 1.807) is 0 Å². The number of benzene rings is 1. The van der Waals surface area contributed by atoms with Crippen molar-refractivity contribution in [2.24, 2.45) is 0 Å². The van der Waals surface area contributed by atoms with E-state index in [1.807, 2.05) is 31.3 Å². The molecular weight excluding hydrogens is 408 g/mol. The highest BCUT2D eigenvalue weighted by Crippen LogP contribution is 2.28. The standard InChI is InChI=1S/C25H35ClN4O/c1-19-16-30(23-10-13-28(14-11-23)25-5-3-4-12-27-25)24(18-29(19)17-20(2)31)15-21-6-8-22(26)9-7-21/h3-9,12,19-20,23-24,31H,10-11,13-18H2,1-2H3/t19-,20+,24-/m0/s1. The van der Waals surface area contributed by atoms with Crippen LogP contribution in [0.4, 0.5) is 5.82 Å². The predicted molar refractivity (Wildman–Crippen MR) is 128 cm³/mol. The molecule has 31 heavy (non-hydrogen) atoms. The van der Waals surface area contributed by atoms with Gasteiger partial charge in [-0.25, -0.2) is 4.98 Å². The first kappa shape index (κ1) is 22.5. The molecule has 2 fully saturated rings. The minimum absolute atomic E-state index is 0.299. The molecule has 2 aromatic rings. The maximum absolute atomic E-state index is 10.00. The van der Waals surface area contributed by atoms with Crippen LogP contribution in [0.5, 0.6) is 0 Å². The van der Waals surface area contributed by atoms with Gasteiger partial charge in [-0.1, -0.05) is 29.8 Å². The van der Waals surface area contributed by atoms with Crippen LogP contribution in [0.3, 0.4) is 0 Å². The third-order valence-corrected chi connectivity index (χ3v) is 7.05. The molecule has 4 rings (SSSR count). The Kier molecular flexibility index (Phi) is 7.49. The molecule has 3 heterocycles. The summed E-state index contributed by atoms with van der Waals surface area (Å²) in [5.41, 5.74) is 1.33. The quantitative estimate of drug-likeness (QED) is 0.738. The summed E-state index contributed by atoms with van der Waals surface area (Å²) < 4.78 is 0. The second kappa shape index (κ2) is 10.3. The lowest BCUT2D eigenvalue weighted by Gasteiger charge is -2.50. The molecule has 1 aromatic heterocycles. The van der Waals surface area contributed by atoms with Gasteiger partial charge in [0.2, 0.25) is 0 Å². The van der Waals surface area contributed by atoms with Gasteiger partial charge >= 0.3 is 0 Å².